The van der Waals surface area contributed by atoms with E-state index in [9.17, 15) is 8.42 Å². The van der Waals surface area contributed by atoms with Crippen molar-refractivity contribution in [3.05, 3.63) is 78.5 Å². The first-order chi connectivity index (χ1) is 16.6. The van der Waals surface area contributed by atoms with Crippen LogP contribution in [0.25, 0.3) is 22.1 Å². The van der Waals surface area contributed by atoms with Crippen molar-refractivity contribution in [1.29, 1.82) is 0 Å². The first-order valence-electron chi connectivity index (χ1n) is 11.4. The van der Waals surface area contributed by atoms with E-state index in [0.29, 0.717) is 16.7 Å². The summed E-state index contributed by atoms with van der Waals surface area (Å²) in [4.78, 5) is 10.2. The van der Waals surface area contributed by atoms with Crippen LogP contribution in [0.1, 0.15) is 24.4 Å². The summed E-state index contributed by atoms with van der Waals surface area (Å²) in [5.74, 6) is 0. The second-order valence-corrected chi connectivity index (χ2v) is 10.6. The molecule has 0 saturated carbocycles. The highest BCUT2D eigenvalue weighted by Gasteiger charge is 2.30. The fourth-order valence-corrected chi connectivity index (χ4v) is 6.20. The number of nitrogens with zero attached hydrogens (tertiary/aromatic N) is 5. The van der Waals surface area contributed by atoms with Gasteiger partial charge in [0, 0.05) is 24.7 Å². The summed E-state index contributed by atoms with van der Waals surface area (Å²) in [7, 11) is -3.86. The quantitative estimate of drug-likeness (QED) is 0.416. The van der Waals surface area contributed by atoms with E-state index in [0.717, 1.165) is 37.9 Å². The van der Waals surface area contributed by atoms with Crippen molar-refractivity contribution in [1.82, 2.24) is 29.9 Å². The lowest BCUT2D eigenvalue weighted by atomic mass is 10.0. The second kappa shape index (κ2) is 8.34. The molecule has 1 saturated heterocycles. The van der Waals surface area contributed by atoms with Crippen molar-refractivity contribution in [2.75, 3.05) is 13.1 Å². The number of H-pyrrole nitrogens is 1. The molecule has 1 N–H and O–H groups in total. The molecule has 4 heterocycles. The van der Waals surface area contributed by atoms with Crippen molar-refractivity contribution in [3.63, 3.8) is 0 Å². The molecule has 1 aliphatic heterocycles. The number of nitrogens with one attached hydrogen (secondary N) is 1. The van der Waals surface area contributed by atoms with Gasteiger partial charge in [0.15, 0.2) is 10.5 Å². The number of aromatic nitrogens is 5. The highest BCUT2D eigenvalue weighted by molar-refractivity contribution is 7.91. The van der Waals surface area contributed by atoms with Gasteiger partial charge in [-0.15, -0.1) is 5.10 Å². The van der Waals surface area contributed by atoms with E-state index >= 15 is 0 Å². The standard InChI is InChI=1S/C25H24N6O2S/c32-34(33,20-11-5-2-6-12-20)25-22-23(21-13-14-26-24(21)27-25)31(29-28-22)19-10-7-15-30(17-19)16-18-8-3-1-4-9-18/h1-6,8-9,11-14,19H,7,10,15-17H2,(H,26,27). The van der Waals surface area contributed by atoms with E-state index in [2.05, 4.69) is 49.4 Å². The Kier molecular flexibility index (Phi) is 5.15. The van der Waals surface area contributed by atoms with Crippen LogP contribution in [-0.4, -0.2) is 51.4 Å². The Balaban J connectivity index is 1.44. The summed E-state index contributed by atoms with van der Waals surface area (Å²) in [6.07, 6.45) is 3.77. The van der Waals surface area contributed by atoms with E-state index in [1.54, 1.807) is 36.5 Å². The topological polar surface area (TPSA) is 96.8 Å². The minimum Gasteiger partial charge on any atom is -0.346 e. The predicted molar refractivity (Wildman–Crippen MR) is 129 cm³/mol. The Bertz CT molecular complexity index is 1560. The van der Waals surface area contributed by atoms with Crippen molar-refractivity contribution >= 4 is 31.9 Å². The molecule has 2 aromatic carbocycles. The van der Waals surface area contributed by atoms with Crippen LogP contribution in [0, 0.1) is 0 Å². The van der Waals surface area contributed by atoms with E-state index in [4.69, 9.17) is 0 Å². The van der Waals surface area contributed by atoms with Crippen LogP contribution in [0.4, 0.5) is 0 Å². The number of rotatable bonds is 5. The molecule has 3 aromatic heterocycles. The summed E-state index contributed by atoms with van der Waals surface area (Å²) in [5.41, 5.74) is 2.83. The Labute approximate surface area is 197 Å². The molecular weight excluding hydrogens is 448 g/mol. The molecule has 9 heteroatoms. The molecule has 0 radical (unpaired) electrons. The Morgan fingerprint density at radius 2 is 1.76 bits per heavy atom. The third-order valence-corrected chi connectivity index (χ3v) is 8.16. The maximum Gasteiger partial charge on any atom is 0.226 e. The van der Waals surface area contributed by atoms with Crippen LogP contribution in [0.15, 0.2) is 82.8 Å². The molecular formula is C25H24N6O2S. The van der Waals surface area contributed by atoms with E-state index in [1.165, 1.54) is 5.56 Å². The highest BCUT2D eigenvalue weighted by Crippen LogP contribution is 2.33. The minimum absolute atomic E-state index is 0.0631. The molecule has 1 unspecified atom stereocenters. The molecule has 0 aliphatic carbocycles. The number of likely N-dealkylation sites (tertiary alicyclic amines) is 1. The van der Waals surface area contributed by atoms with E-state index in [-0.39, 0.29) is 16.0 Å². The molecule has 1 aliphatic rings. The first-order valence-corrected chi connectivity index (χ1v) is 12.9. The van der Waals surface area contributed by atoms with Crippen LogP contribution < -0.4 is 0 Å². The number of aromatic amines is 1. The monoisotopic (exact) mass is 472 g/mol. The Morgan fingerprint density at radius 1 is 1.00 bits per heavy atom. The van der Waals surface area contributed by atoms with Crippen molar-refractivity contribution < 1.29 is 8.42 Å². The molecule has 1 fully saturated rings. The lowest BCUT2D eigenvalue weighted by Crippen LogP contribution is -2.36. The van der Waals surface area contributed by atoms with Crippen LogP contribution in [0.3, 0.4) is 0 Å². The van der Waals surface area contributed by atoms with Gasteiger partial charge in [0.2, 0.25) is 9.84 Å². The highest BCUT2D eigenvalue weighted by atomic mass is 32.2. The third-order valence-electron chi connectivity index (χ3n) is 6.47. The lowest BCUT2D eigenvalue weighted by molar-refractivity contribution is 0.164. The fourth-order valence-electron chi connectivity index (χ4n) is 4.86. The normalized spacial score (nSPS) is 17.5. The van der Waals surface area contributed by atoms with Gasteiger partial charge in [-0.05, 0) is 43.1 Å². The van der Waals surface area contributed by atoms with Gasteiger partial charge in [0.1, 0.15) is 11.2 Å². The van der Waals surface area contributed by atoms with Gasteiger partial charge >= 0.3 is 0 Å². The fraction of sp³-hybridized carbons (Fsp3) is 0.240. The molecule has 6 rings (SSSR count). The molecule has 172 valence electrons. The van der Waals surface area contributed by atoms with Crippen molar-refractivity contribution in [3.8, 4) is 0 Å². The average Bonchev–Trinajstić information content (AvgIpc) is 3.52. The lowest BCUT2D eigenvalue weighted by Gasteiger charge is -2.32. The zero-order valence-electron chi connectivity index (χ0n) is 18.5. The third kappa shape index (κ3) is 3.57. The first kappa shape index (κ1) is 21.0. The number of benzene rings is 2. The van der Waals surface area contributed by atoms with Gasteiger partial charge in [-0.2, -0.15) is 0 Å². The number of piperidine rings is 1. The van der Waals surface area contributed by atoms with Gasteiger partial charge in [-0.1, -0.05) is 53.7 Å². The second-order valence-electron chi connectivity index (χ2n) is 8.72. The van der Waals surface area contributed by atoms with Crippen LogP contribution >= 0.6 is 0 Å². The molecule has 0 spiro atoms. The van der Waals surface area contributed by atoms with Crippen molar-refractivity contribution in [2.24, 2.45) is 0 Å². The number of fused-ring (bicyclic) bond motifs is 3. The van der Waals surface area contributed by atoms with Crippen LogP contribution in [-0.2, 0) is 16.4 Å². The van der Waals surface area contributed by atoms with Gasteiger partial charge in [0.05, 0.1) is 10.9 Å². The molecule has 0 amide bonds. The van der Waals surface area contributed by atoms with Crippen molar-refractivity contribution in [2.45, 2.75) is 35.3 Å². The SMILES string of the molecule is O=S(=O)(c1ccccc1)c1nc2[nH]ccc2c2c1nnn2C1CCCN(Cc2ccccc2)C1. The molecule has 5 aromatic rings. The Morgan fingerprint density at radius 3 is 2.56 bits per heavy atom. The Hall–Kier alpha value is -3.56. The van der Waals surface area contributed by atoms with Gasteiger partial charge in [0.25, 0.3) is 0 Å². The smallest absolute Gasteiger partial charge is 0.226 e. The number of hydrogen-bond acceptors (Lipinski definition) is 6. The molecule has 0 bridgehead atoms. The number of sulfone groups is 1. The maximum absolute atomic E-state index is 13.5. The minimum atomic E-state index is -3.86. The van der Waals surface area contributed by atoms with Crippen LogP contribution in [0.2, 0.25) is 0 Å². The number of pyridine rings is 1. The summed E-state index contributed by atoms with van der Waals surface area (Å²) in [6, 6.07) is 20.8. The van der Waals surface area contributed by atoms with Gasteiger partial charge in [-0.3, -0.25) is 4.90 Å². The van der Waals surface area contributed by atoms with Crippen LogP contribution in [0.5, 0.6) is 0 Å². The van der Waals surface area contributed by atoms with E-state index in [1.807, 2.05) is 16.8 Å². The molecule has 34 heavy (non-hydrogen) atoms. The zero-order valence-corrected chi connectivity index (χ0v) is 19.3. The van der Waals surface area contributed by atoms with Gasteiger partial charge in [-0.25, -0.2) is 18.1 Å². The zero-order chi connectivity index (χ0) is 23.1. The largest absolute Gasteiger partial charge is 0.346 e. The molecule has 1 atom stereocenters. The summed E-state index contributed by atoms with van der Waals surface area (Å²) in [6.45, 7) is 2.72. The average molecular weight is 473 g/mol. The summed E-state index contributed by atoms with van der Waals surface area (Å²) < 4.78 is 28.9. The van der Waals surface area contributed by atoms with E-state index < -0.39 is 9.84 Å². The predicted octanol–water partition coefficient (Wildman–Crippen LogP) is 3.98. The maximum atomic E-state index is 13.5. The number of hydrogen-bond donors (Lipinski definition) is 1. The summed E-state index contributed by atoms with van der Waals surface area (Å²) in [5, 5.41) is 9.61. The molecule has 8 nitrogen and oxygen atoms in total. The van der Waals surface area contributed by atoms with Gasteiger partial charge < -0.3 is 4.98 Å². The summed E-state index contributed by atoms with van der Waals surface area (Å²) >= 11 is 0.